The number of nitrogens with zero attached hydrogens (tertiary/aromatic N) is 1. The number of hydrogen-bond donors (Lipinski definition) is 1. The second-order valence-corrected chi connectivity index (χ2v) is 4.49. The van der Waals surface area contributed by atoms with Crippen molar-refractivity contribution in [2.24, 2.45) is 0 Å². The average molecular weight is 258 g/mol. The molecule has 0 spiro atoms. The van der Waals surface area contributed by atoms with Crippen LogP contribution in [0.4, 0.5) is 0 Å². The lowest BCUT2D eigenvalue weighted by Crippen LogP contribution is -2.56. The number of rotatable bonds is 3. The topological polar surface area (TPSA) is 49.4 Å². The van der Waals surface area contributed by atoms with Crippen LogP contribution in [0.5, 0.6) is 0 Å². The lowest BCUT2D eigenvalue weighted by molar-refractivity contribution is -0.140. The smallest absolute Gasteiger partial charge is 0.247 e. The van der Waals surface area contributed by atoms with Crippen LogP contribution in [0.3, 0.4) is 0 Å². The predicted molar refractivity (Wildman–Crippen MR) is 74.3 cm³/mol. The molecule has 1 saturated heterocycles. The molecule has 1 N–H and O–H groups in total. The summed E-state index contributed by atoms with van der Waals surface area (Å²) in [7, 11) is 0. The van der Waals surface area contributed by atoms with Crippen LogP contribution in [-0.2, 0) is 9.59 Å². The van der Waals surface area contributed by atoms with Crippen LogP contribution in [0.1, 0.15) is 18.9 Å². The molecule has 1 aromatic rings. The zero-order chi connectivity index (χ0) is 13.7. The first-order valence-corrected chi connectivity index (χ1v) is 6.54. The molecule has 0 aliphatic carbocycles. The summed E-state index contributed by atoms with van der Waals surface area (Å²) in [4.78, 5) is 25.5. The van der Waals surface area contributed by atoms with Crippen LogP contribution in [0, 0.1) is 0 Å². The van der Waals surface area contributed by atoms with E-state index in [0.29, 0.717) is 19.5 Å². The van der Waals surface area contributed by atoms with Gasteiger partial charge in [-0.15, -0.1) is 0 Å². The molecule has 1 fully saturated rings. The Kier molecular flexibility index (Phi) is 4.34. The average Bonchev–Trinajstić information content (AvgIpc) is 2.45. The Morgan fingerprint density at radius 3 is 2.84 bits per heavy atom. The van der Waals surface area contributed by atoms with Crippen molar-refractivity contribution in [2.75, 3.05) is 13.1 Å². The minimum Gasteiger partial charge on any atom is -0.353 e. The van der Waals surface area contributed by atoms with Crippen molar-refractivity contribution < 1.29 is 9.59 Å². The van der Waals surface area contributed by atoms with Gasteiger partial charge in [-0.2, -0.15) is 0 Å². The maximum atomic E-state index is 12.1. The van der Waals surface area contributed by atoms with E-state index in [9.17, 15) is 9.59 Å². The maximum Gasteiger partial charge on any atom is 0.247 e. The zero-order valence-corrected chi connectivity index (χ0v) is 11.0. The van der Waals surface area contributed by atoms with E-state index >= 15 is 0 Å². The van der Waals surface area contributed by atoms with Gasteiger partial charge in [0.2, 0.25) is 11.8 Å². The third-order valence-corrected chi connectivity index (χ3v) is 3.22. The highest BCUT2D eigenvalue weighted by Crippen LogP contribution is 2.10. The first-order valence-electron chi connectivity index (χ1n) is 6.54. The number of carbonyl (C=O) groups excluding carboxylic acids is 2. The molecule has 4 heteroatoms. The number of carbonyl (C=O) groups is 2. The fourth-order valence-corrected chi connectivity index (χ4v) is 2.21. The van der Waals surface area contributed by atoms with Gasteiger partial charge in [0.05, 0.1) is 0 Å². The fourth-order valence-electron chi connectivity index (χ4n) is 2.21. The van der Waals surface area contributed by atoms with E-state index < -0.39 is 0 Å². The van der Waals surface area contributed by atoms with Gasteiger partial charge in [-0.3, -0.25) is 9.59 Å². The number of piperazine rings is 1. The Morgan fingerprint density at radius 2 is 2.16 bits per heavy atom. The molecule has 1 aliphatic heterocycles. The van der Waals surface area contributed by atoms with Crippen LogP contribution < -0.4 is 5.32 Å². The van der Waals surface area contributed by atoms with E-state index in [1.54, 1.807) is 11.0 Å². The van der Waals surface area contributed by atoms with Crippen LogP contribution in [0.2, 0.25) is 0 Å². The van der Waals surface area contributed by atoms with Gasteiger partial charge in [0, 0.05) is 19.2 Å². The Hall–Kier alpha value is -2.10. The highest BCUT2D eigenvalue weighted by molar-refractivity contribution is 5.96. The minimum atomic E-state index is -0.346. The molecule has 1 unspecified atom stereocenters. The Morgan fingerprint density at radius 1 is 1.42 bits per heavy atom. The predicted octanol–water partition coefficient (Wildman–Crippen LogP) is 1.44. The van der Waals surface area contributed by atoms with Gasteiger partial charge in [0.25, 0.3) is 0 Å². The van der Waals surface area contributed by atoms with Crippen molar-refractivity contribution in [1.29, 1.82) is 0 Å². The van der Waals surface area contributed by atoms with Crippen molar-refractivity contribution in [3.8, 4) is 0 Å². The molecule has 19 heavy (non-hydrogen) atoms. The molecule has 1 atom stereocenters. The molecule has 100 valence electrons. The summed E-state index contributed by atoms with van der Waals surface area (Å²) in [5.41, 5.74) is 0.977. The van der Waals surface area contributed by atoms with Gasteiger partial charge in [-0.1, -0.05) is 37.3 Å². The van der Waals surface area contributed by atoms with Crippen LogP contribution in [0.15, 0.2) is 36.4 Å². The number of benzene rings is 1. The minimum absolute atomic E-state index is 0.0600. The van der Waals surface area contributed by atoms with E-state index in [1.165, 1.54) is 6.08 Å². The summed E-state index contributed by atoms with van der Waals surface area (Å²) in [5, 5.41) is 2.78. The van der Waals surface area contributed by atoms with Gasteiger partial charge in [0.1, 0.15) is 6.04 Å². The second kappa shape index (κ2) is 6.18. The van der Waals surface area contributed by atoms with E-state index in [0.717, 1.165) is 5.56 Å². The molecular formula is C15H18N2O2. The standard InChI is InChI=1S/C15H18N2O2/c1-2-13-15(19)16-10-11-17(13)14(18)9-8-12-6-4-3-5-7-12/h3-9,13H,2,10-11H2,1H3,(H,16,19)/b9-8+. The number of hydrogen-bond acceptors (Lipinski definition) is 2. The Labute approximate surface area is 113 Å². The summed E-state index contributed by atoms with van der Waals surface area (Å²) in [5.74, 6) is -0.166. The Bertz CT molecular complexity index is 482. The quantitative estimate of drug-likeness (QED) is 0.834. The van der Waals surface area contributed by atoms with E-state index in [-0.39, 0.29) is 17.9 Å². The van der Waals surface area contributed by atoms with E-state index in [2.05, 4.69) is 5.32 Å². The molecule has 1 aliphatic rings. The molecule has 0 aromatic heterocycles. The third-order valence-electron chi connectivity index (χ3n) is 3.22. The second-order valence-electron chi connectivity index (χ2n) is 4.49. The van der Waals surface area contributed by atoms with Gasteiger partial charge >= 0.3 is 0 Å². The summed E-state index contributed by atoms with van der Waals surface area (Å²) in [6.45, 7) is 3.01. The number of amides is 2. The van der Waals surface area contributed by atoms with Crippen LogP contribution in [-0.4, -0.2) is 35.8 Å². The third kappa shape index (κ3) is 3.22. The van der Waals surface area contributed by atoms with E-state index in [4.69, 9.17) is 0 Å². The molecule has 0 saturated carbocycles. The van der Waals surface area contributed by atoms with Gasteiger partial charge < -0.3 is 10.2 Å². The van der Waals surface area contributed by atoms with Gasteiger partial charge in [-0.05, 0) is 18.1 Å². The molecule has 0 radical (unpaired) electrons. The van der Waals surface area contributed by atoms with Gasteiger partial charge in [-0.25, -0.2) is 0 Å². The summed E-state index contributed by atoms with van der Waals surface area (Å²) in [6.07, 6.45) is 3.95. The summed E-state index contributed by atoms with van der Waals surface area (Å²) >= 11 is 0. The molecule has 1 heterocycles. The normalized spacial score (nSPS) is 19.5. The number of nitrogens with one attached hydrogen (secondary N) is 1. The SMILES string of the molecule is CCC1C(=O)NCCN1C(=O)/C=C/c1ccccc1. The molecule has 4 nitrogen and oxygen atoms in total. The maximum absolute atomic E-state index is 12.1. The molecule has 2 rings (SSSR count). The molecular weight excluding hydrogens is 240 g/mol. The molecule has 1 aromatic carbocycles. The highest BCUT2D eigenvalue weighted by atomic mass is 16.2. The lowest BCUT2D eigenvalue weighted by atomic mass is 10.1. The van der Waals surface area contributed by atoms with Crippen LogP contribution >= 0.6 is 0 Å². The van der Waals surface area contributed by atoms with Crippen molar-refractivity contribution in [1.82, 2.24) is 10.2 Å². The fraction of sp³-hybridized carbons (Fsp3) is 0.333. The molecule has 2 amide bonds. The van der Waals surface area contributed by atoms with Crippen molar-refractivity contribution in [3.05, 3.63) is 42.0 Å². The van der Waals surface area contributed by atoms with E-state index in [1.807, 2.05) is 37.3 Å². The monoisotopic (exact) mass is 258 g/mol. The van der Waals surface area contributed by atoms with Crippen molar-refractivity contribution in [3.63, 3.8) is 0 Å². The zero-order valence-electron chi connectivity index (χ0n) is 11.0. The highest BCUT2D eigenvalue weighted by Gasteiger charge is 2.30. The lowest BCUT2D eigenvalue weighted by Gasteiger charge is -2.33. The largest absolute Gasteiger partial charge is 0.353 e. The van der Waals surface area contributed by atoms with Crippen LogP contribution in [0.25, 0.3) is 6.08 Å². The van der Waals surface area contributed by atoms with Gasteiger partial charge in [0.15, 0.2) is 0 Å². The van der Waals surface area contributed by atoms with Crippen molar-refractivity contribution >= 4 is 17.9 Å². The molecule has 0 bridgehead atoms. The first-order chi connectivity index (χ1) is 9.22. The van der Waals surface area contributed by atoms with Crippen molar-refractivity contribution in [2.45, 2.75) is 19.4 Å². The summed E-state index contributed by atoms with van der Waals surface area (Å²) < 4.78 is 0. The first kappa shape index (κ1) is 13.3. The summed E-state index contributed by atoms with van der Waals surface area (Å²) in [6, 6.07) is 9.30. The Balaban J connectivity index is 2.06.